The van der Waals surface area contributed by atoms with Crippen molar-refractivity contribution in [2.24, 2.45) is 11.8 Å². The Bertz CT molecular complexity index is 406. The van der Waals surface area contributed by atoms with Crippen molar-refractivity contribution < 1.29 is 4.74 Å². The van der Waals surface area contributed by atoms with E-state index in [1.54, 1.807) is 0 Å². The molecule has 1 aromatic carbocycles. The molecule has 0 bridgehead atoms. The Hall–Kier alpha value is -0.540. The summed E-state index contributed by atoms with van der Waals surface area (Å²) in [6.07, 6.45) is 3.53. The van der Waals surface area contributed by atoms with Gasteiger partial charge in [-0.25, -0.2) is 0 Å². The zero-order chi connectivity index (χ0) is 15.7. The van der Waals surface area contributed by atoms with E-state index in [-0.39, 0.29) is 0 Å². The Morgan fingerprint density at radius 3 is 2.62 bits per heavy atom. The number of halogens is 1. The molecule has 0 fully saturated rings. The van der Waals surface area contributed by atoms with Crippen LogP contribution in [-0.4, -0.2) is 19.7 Å². The van der Waals surface area contributed by atoms with Gasteiger partial charge in [-0.3, -0.25) is 0 Å². The average Bonchev–Trinajstić information content (AvgIpc) is 2.44. The van der Waals surface area contributed by atoms with E-state index in [0.717, 1.165) is 48.2 Å². The van der Waals surface area contributed by atoms with Crippen molar-refractivity contribution in [2.45, 2.75) is 47.0 Å². The van der Waals surface area contributed by atoms with E-state index in [9.17, 15) is 0 Å². The van der Waals surface area contributed by atoms with E-state index >= 15 is 0 Å². The Balaban J connectivity index is 2.38. The highest BCUT2D eigenvalue weighted by molar-refractivity contribution is 9.10. The third-order valence-electron chi connectivity index (χ3n) is 3.60. The fourth-order valence-electron chi connectivity index (χ4n) is 2.33. The van der Waals surface area contributed by atoms with Crippen LogP contribution in [0, 0.1) is 11.8 Å². The molecule has 0 amide bonds. The van der Waals surface area contributed by atoms with Gasteiger partial charge in [0, 0.05) is 4.47 Å². The number of hydrogen-bond donors (Lipinski definition) is 1. The van der Waals surface area contributed by atoms with Gasteiger partial charge in [-0.1, -0.05) is 36.7 Å². The van der Waals surface area contributed by atoms with Gasteiger partial charge in [0.2, 0.25) is 0 Å². The minimum absolute atomic E-state index is 0.726. The lowest BCUT2D eigenvalue weighted by Gasteiger charge is -2.15. The molecule has 21 heavy (non-hydrogen) atoms. The molecule has 0 heterocycles. The van der Waals surface area contributed by atoms with Crippen molar-refractivity contribution >= 4 is 15.9 Å². The molecular weight excluding hydrogens is 326 g/mol. The summed E-state index contributed by atoms with van der Waals surface area (Å²) in [5.74, 6) is 2.50. The maximum atomic E-state index is 5.72. The summed E-state index contributed by atoms with van der Waals surface area (Å²) >= 11 is 3.55. The minimum atomic E-state index is 0.726. The molecule has 1 atom stereocenters. The van der Waals surface area contributed by atoms with E-state index in [2.05, 4.69) is 54.2 Å². The van der Waals surface area contributed by atoms with Gasteiger partial charge in [-0.15, -0.1) is 0 Å². The Morgan fingerprint density at radius 2 is 1.95 bits per heavy atom. The van der Waals surface area contributed by atoms with E-state index in [1.165, 1.54) is 18.4 Å². The zero-order valence-corrected chi connectivity index (χ0v) is 15.5. The molecule has 0 saturated heterocycles. The van der Waals surface area contributed by atoms with E-state index in [0.29, 0.717) is 0 Å². The van der Waals surface area contributed by atoms with Gasteiger partial charge in [0.15, 0.2) is 0 Å². The van der Waals surface area contributed by atoms with Gasteiger partial charge in [-0.2, -0.15) is 0 Å². The second-order valence-corrected chi connectivity index (χ2v) is 7.13. The molecule has 2 nitrogen and oxygen atoms in total. The van der Waals surface area contributed by atoms with Crippen LogP contribution >= 0.6 is 15.9 Å². The molecular formula is C18H30BrNO. The number of ether oxygens (including phenoxy) is 1. The number of aryl methyl sites for hydroxylation is 1. The Morgan fingerprint density at radius 1 is 1.19 bits per heavy atom. The first-order valence-corrected chi connectivity index (χ1v) is 8.94. The lowest BCUT2D eigenvalue weighted by Crippen LogP contribution is -2.22. The van der Waals surface area contributed by atoms with Crippen LogP contribution in [0.25, 0.3) is 0 Å². The monoisotopic (exact) mass is 355 g/mol. The topological polar surface area (TPSA) is 21.3 Å². The molecule has 1 rings (SSSR count). The molecule has 0 aliphatic rings. The number of benzene rings is 1. The van der Waals surface area contributed by atoms with Gasteiger partial charge in [-0.05, 0) is 74.9 Å². The normalized spacial score (nSPS) is 12.7. The smallest absolute Gasteiger partial charge is 0.122 e. The van der Waals surface area contributed by atoms with Gasteiger partial charge in [0.1, 0.15) is 5.75 Å². The fraction of sp³-hybridized carbons (Fsp3) is 0.667. The molecule has 3 heteroatoms. The number of rotatable bonds is 10. The molecule has 1 N–H and O–H groups in total. The van der Waals surface area contributed by atoms with Crippen LogP contribution in [0.5, 0.6) is 5.75 Å². The highest BCUT2D eigenvalue weighted by atomic mass is 79.9. The van der Waals surface area contributed by atoms with Crippen molar-refractivity contribution in [3.63, 3.8) is 0 Å². The molecule has 0 aliphatic carbocycles. The molecule has 1 unspecified atom stereocenters. The maximum Gasteiger partial charge on any atom is 0.122 e. The van der Waals surface area contributed by atoms with Crippen molar-refractivity contribution in [2.75, 3.05) is 19.7 Å². The maximum absolute atomic E-state index is 5.72. The largest absolute Gasteiger partial charge is 0.494 e. The third-order valence-corrected chi connectivity index (χ3v) is 4.09. The second-order valence-electron chi connectivity index (χ2n) is 6.22. The zero-order valence-electron chi connectivity index (χ0n) is 13.9. The summed E-state index contributed by atoms with van der Waals surface area (Å²) < 4.78 is 6.85. The average molecular weight is 356 g/mol. The first-order valence-electron chi connectivity index (χ1n) is 8.14. The van der Waals surface area contributed by atoms with Crippen LogP contribution in [-0.2, 0) is 6.42 Å². The fourth-order valence-corrected chi connectivity index (χ4v) is 2.73. The van der Waals surface area contributed by atoms with Crippen LogP contribution in [0.3, 0.4) is 0 Å². The molecule has 0 spiro atoms. The van der Waals surface area contributed by atoms with E-state index < -0.39 is 0 Å². The lowest BCUT2D eigenvalue weighted by atomic mass is 9.97. The summed E-state index contributed by atoms with van der Waals surface area (Å²) in [6.45, 7) is 11.8. The second kappa shape index (κ2) is 10.2. The summed E-state index contributed by atoms with van der Waals surface area (Å²) in [5.41, 5.74) is 1.31. The van der Waals surface area contributed by atoms with Crippen molar-refractivity contribution in [1.29, 1.82) is 0 Å². The van der Waals surface area contributed by atoms with Crippen LogP contribution in [0.15, 0.2) is 22.7 Å². The number of hydrogen-bond acceptors (Lipinski definition) is 2. The molecule has 1 aromatic rings. The standard InChI is InChI=1S/C18H30BrNO/c1-5-21-18-9-8-17(19)12-16(18)7-6-15(4)10-11-20-13-14(2)3/h8-9,12,14-15,20H,5-7,10-11,13H2,1-4H3. The first-order chi connectivity index (χ1) is 10.0. The van der Waals surface area contributed by atoms with Crippen LogP contribution in [0.4, 0.5) is 0 Å². The van der Waals surface area contributed by atoms with Crippen LogP contribution < -0.4 is 10.1 Å². The van der Waals surface area contributed by atoms with Gasteiger partial charge in [0.25, 0.3) is 0 Å². The highest BCUT2D eigenvalue weighted by Crippen LogP contribution is 2.26. The van der Waals surface area contributed by atoms with Crippen LogP contribution in [0.1, 0.15) is 46.1 Å². The summed E-state index contributed by atoms with van der Waals surface area (Å²) in [6, 6.07) is 6.31. The van der Waals surface area contributed by atoms with Gasteiger partial charge >= 0.3 is 0 Å². The Kier molecular flexibility index (Phi) is 9.02. The summed E-state index contributed by atoms with van der Waals surface area (Å²) in [4.78, 5) is 0. The van der Waals surface area contributed by atoms with Crippen molar-refractivity contribution in [3.05, 3.63) is 28.2 Å². The van der Waals surface area contributed by atoms with Gasteiger partial charge < -0.3 is 10.1 Å². The van der Waals surface area contributed by atoms with Crippen molar-refractivity contribution in [3.8, 4) is 5.75 Å². The number of nitrogens with one attached hydrogen (secondary N) is 1. The molecule has 0 saturated carbocycles. The molecule has 0 aromatic heterocycles. The predicted molar refractivity (Wildman–Crippen MR) is 95.1 cm³/mol. The van der Waals surface area contributed by atoms with Crippen molar-refractivity contribution in [1.82, 2.24) is 5.32 Å². The van der Waals surface area contributed by atoms with E-state index in [1.807, 2.05) is 13.0 Å². The predicted octanol–water partition coefficient (Wildman–Crippen LogP) is 5.05. The van der Waals surface area contributed by atoms with Crippen LogP contribution in [0.2, 0.25) is 0 Å². The SMILES string of the molecule is CCOc1ccc(Br)cc1CCC(C)CCNCC(C)C. The molecule has 0 aliphatic heterocycles. The quantitative estimate of drug-likeness (QED) is 0.592. The summed E-state index contributed by atoms with van der Waals surface area (Å²) in [5, 5.41) is 3.52. The van der Waals surface area contributed by atoms with E-state index in [4.69, 9.17) is 4.74 Å². The minimum Gasteiger partial charge on any atom is -0.494 e. The lowest BCUT2D eigenvalue weighted by molar-refractivity contribution is 0.335. The van der Waals surface area contributed by atoms with Gasteiger partial charge in [0.05, 0.1) is 6.61 Å². The third kappa shape index (κ3) is 7.87. The molecule has 0 radical (unpaired) electrons. The Labute approximate surface area is 138 Å². The first kappa shape index (κ1) is 18.5. The molecule has 120 valence electrons. The highest BCUT2D eigenvalue weighted by Gasteiger charge is 2.08. The summed E-state index contributed by atoms with van der Waals surface area (Å²) in [7, 11) is 0.